The number of hydrogen-bond donors (Lipinski definition) is 2. The van der Waals surface area contributed by atoms with Gasteiger partial charge >= 0.3 is 0 Å². The summed E-state index contributed by atoms with van der Waals surface area (Å²) >= 11 is 1.30. The molecule has 3 aromatic rings. The molecule has 0 radical (unpaired) electrons. The summed E-state index contributed by atoms with van der Waals surface area (Å²) in [4.78, 5) is 16.5. The Kier molecular flexibility index (Phi) is 5.91. The zero-order valence-electron chi connectivity index (χ0n) is 14.7. The first kappa shape index (κ1) is 18.0. The van der Waals surface area contributed by atoms with E-state index in [2.05, 4.69) is 20.5 Å². The molecule has 0 aliphatic carbocycles. The first-order valence-corrected chi connectivity index (χ1v) is 9.14. The van der Waals surface area contributed by atoms with Crippen molar-refractivity contribution in [1.29, 1.82) is 0 Å². The number of carbonyl (C=O) groups excluding carboxylic acids is 1. The SMILES string of the molecule is COc1ccc(Cc2nc(SCC(=O)Nc3cccc(C)c3)n[nH]2)cc1. The average molecular weight is 368 g/mol. The van der Waals surface area contributed by atoms with Gasteiger partial charge in [-0.2, -0.15) is 0 Å². The van der Waals surface area contributed by atoms with Crippen LogP contribution < -0.4 is 10.1 Å². The Labute approximate surface area is 156 Å². The molecule has 0 unspecified atom stereocenters. The number of benzene rings is 2. The monoisotopic (exact) mass is 368 g/mol. The molecule has 2 aromatic carbocycles. The van der Waals surface area contributed by atoms with Crippen molar-refractivity contribution >= 4 is 23.4 Å². The van der Waals surface area contributed by atoms with Crippen LogP contribution in [0.15, 0.2) is 53.7 Å². The Morgan fingerprint density at radius 3 is 2.77 bits per heavy atom. The molecule has 0 bridgehead atoms. The number of aromatic nitrogens is 3. The lowest BCUT2D eigenvalue weighted by Crippen LogP contribution is -2.14. The highest BCUT2D eigenvalue weighted by Crippen LogP contribution is 2.17. The number of rotatable bonds is 7. The Balaban J connectivity index is 1.50. The molecule has 6 nitrogen and oxygen atoms in total. The highest BCUT2D eigenvalue weighted by atomic mass is 32.2. The topological polar surface area (TPSA) is 79.9 Å². The van der Waals surface area contributed by atoms with Crippen LogP contribution in [0.25, 0.3) is 0 Å². The van der Waals surface area contributed by atoms with E-state index in [9.17, 15) is 4.79 Å². The van der Waals surface area contributed by atoms with E-state index in [4.69, 9.17) is 4.74 Å². The summed E-state index contributed by atoms with van der Waals surface area (Å²) in [7, 11) is 1.64. The van der Waals surface area contributed by atoms with Crippen molar-refractivity contribution < 1.29 is 9.53 Å². The van der Waals surface area contributed by atoms with E-state index in [-0.39, 0.29) is 11.7 Å². The van der Waals surface area contributed by atoms with E-state index in [1.165, 1.54) is 11.8 Å². The maximum Gasteiger partial charge on any atom is 0.234 e. The van der Waals surface area contributed by atoms with Gasteiger partial charge in [-0.25, -0.2) is 4.98 Å². The molecule has 2 N–H and O–H groups in total. The van der Waals surface area contributed by atoms with Gasteiger partial charge in [-0.05, 0) is 42.3 Å². The molecule has 1 heterocycles. The fraction of sp³-hybridized carbons (Fsp3) is 0.211. The lowest BCUT2D eigenvalue weighted by molar-refractivity contribution is -0.113. The highest BCUT2D eigenvalue weighted by molar-refractivity contribution is 7.99. The third-order valence-electron chi connectivity index (χ3n) is 3.68. The van der Waals surface area contributed by atoms with Crippen LogP contribution >= 0.6 is 11.8 Å². The largest absolute Gasteiger partial charge is 0.497 e. The molecule has 0 saturated heterocycles. The molecular formula is C19H20N4O2S. The number of nitrogens with zero attached hydrogens (tertiary/aromatic N) is 2. The average Bonchev–Trinajstić information content (AvgIpc) is 3.08. The molecule has 1 amide bonds. The van der Waals surface area contributed by atoms with Crippen LogP contribution in [0.3, 0.4) is 0 Å². The predicted molar refractivity (Wildman–Crippen MR) is 103 cm³/mol. The minimum absolute atomic E-state index is 0.0814. The van der Waals surface area contributed by atoms with Crippen molar-refractivity contribution in [3.63, 3.8) is 0 Å². The van der Waals surface area contributed by atoms with Crippen molar-refractivity contribution in [2.24, 2.45) is 0 Å². The molecule has 7 heteroatoms. The first-order valence-electron chi connectivity index (χ1n) is 8.16. The van der Waals surface area contributed by atoms with Gasteiger partial charge in [0.15, 0.2) is 0 Å². The summed E-state index contributed by atoms with van der Waals surface area (Å²) in [6.07, 6.45) is 0.646. The van der Waals surface area contributed by atoms with Crippen molar-refractivity contribution in [2.45, 2.75) is 18.5 Å². The quantitative estimate of drug-likeness (QED) is 0.625. The standard InChI is InChI=1S/C19H20N4O2S/c1-13-4-3-5-15(10-13)20-18(24)12-26-19-21-17(22-23-19)11-14-6-8-16(25-2)9-7-14/h3-10H,11-12H2,1-2H3,(H,20,24)(H,21,22,23). The molecule has 1 aromatic heterocycles. The van der Waals surface area contributed by atoms with Crippen molar-refractivity contribution in [1.82, 2.24) is 15.2 Å². The van der Waals surface area contributed by atoms with Crippen LogP contribution in [-0.2, 0) is 11.2 Å². The number of methoxy groups -OCH3 is 1. The van der Waals surface area contributed by atoms with Gasteiger partial charge in [0.05, 0.1) is 12.9 Å². The Hall–Kier alpha value is -2.80. The molecule has 0 atom stereocenters. The van der Waals surface area contributed by atoms with Crippen LogP contribution in [0.2, 0.25) is 0 Å². The normalized spacial score (nSPS) is 10.5. The number of anilines is 1. The number of thioether (sulfide) groups is 1. The van der Waals surface area contributed by atoms with E-state index < -0.39 is 0 Å². The maximum absolute atomic E-state index is 12.0. The second-order valence-electron chi connectivity index (χ2n) is 5.80. The minimum Gasteiger partial charge on any atom is -0.497 e. The number of aromatic amines is 1. The number of hydrogen-bond acceptors (Lipinski definition) is 5. The summed E-state index contributed by atoms with van der Waals surface area (Å²) in [6.45, 7) is 1.99. The van der Waals surface area contributed by atoms with Gasteiger partial charge in [-0.3, -0.25) is 9.89 Å². The van der Waals surface area contributed by atoms with Gasteiger partial charge in [0.1, 0.15) is 11.6 Å². The second-order valence-corrected chi connectivity index (χ2v) is 6.74. The lowest BCUT2D eigenvalue weighted by Gasteiger charge is -2.04. The van der Waals surface area contributed by atoms with E-state index in [1.807, 2.05) is 55.5 Å². The zero-order chi connectivity index (χ0) is 18.4. The van der Waals surface area contributed by atoms with Gasteiger partial charge in [-0.1, -0.05) is 36.0 Å². The molecule has 0 saturated carbocycles. The Bertz CT molecular complexity index is 877. The van der Waals surface area contributed by atoms with Crippen molar-refractivity contribution in [2.75, 3.05) is 18.2 Å². The number of aryl methyl sites for hydroxylation is 1. The van der Waals surface area contributed by atoms with E-state index in [0.717, 1.165) is 28.4 Å². The van der Waals surface area contributed by atoms with Crippen LogP contribution in [-0.4, -0.2) is 34.0 Å². The minimum atomic E-state index is -0.0814. The van der Waals surface area contributed by atoms with Crippen molar-refractivity contribution in [3.05, 3.63) is 65.5 Å². The lowest BCUT2D eigenvalue weighted by atomic mass is 10.1. The highest BCUT2D eigenvalue weighted by Gasteiger charge is 2.09. The van der Waals surface area contributed by atoms with E-state index in [0.29, 0.717) is 11.6 Å². The van der Waals surface area contributed by atoms with Crippen molar-refractivity contribution in [3.8, 4) is 5.75 Å². The first-order chi connectivity index (χ1) is 12.6. The number of ether oxygens (including phenoxy) is 1. The Morgan fingerprint density at radius 2 is 2.04 bits per heavy atom. The van der Waals surface area contributed by atoms with Gasteiger partial charge in [-0.15, -0.1) is 5.10 Å². The van der Waals surface area contributed by atoms with Gasteiger partial charge in [0.2, 0.25) is 11.1 Å². The Morgan fingerprint density at radius 1 is 1.23 bits per heavy atom. The molecule has 134 valence electrons. The van der Waals surface area contributed by atoms with Crippen LogP contribution in [0.5, 0.6) is 5.75 Å². The molecule has 0 fully saturated rings. The molecule has 0 spiro atoms. The summed E-state index contributed by atoms with van der Waals surface area (Å²) in [5, 5.41) is 10.5. The third-order valence-corrected chi connectivity index (χ3v) is 4.52. The predicted octanol–water partition coefficient (Wildman–Crippen LogP) is 3.44. The second kappa shape index (κ2) is 8.53. The van der Waals surface area contributed by atoms with E-state index >= 15 is 0 Å². The van der Waals surface area contributed by atoms with Gasteiger partial charge in [0.25, 0.3) is 0 Å². The summed E-state index contributed by atoms with van der Waals surface area (Å²) in [5.74, 6) is 1.76. The summed E-state index contributed by atoms with van der Waals surface area (Å²) < 4.78 is 5.15. The van der Waals surface area contributed by atoms with Gasteiger partial charge < -0.3 is 10.1 Å². The van der Waals surface area contributed by atoms with Crippen LogP contribution in [0, 0.1) is 6.92 Å². The number of nitrogens with one attached hydrogen (secondary N) is 2. The number of H-pyrrole nitrogens is 1. The zero-order valence-corrected chi connectivity index (χ0v) is 15.5. The number of amides is 1. The summed E-state index contributed by atoms with van der Waals surface area (Å²) in [5.41, 5.74) is 3.01. The maximum atomic E-state index is 12.0. The van der Waals surface area contributed by atoms with Crippen LogP contribution in [0.4, 0.5) is 5.69 Å². The van der Waals surface area contributed by atoms with E-state index in [1.54, 1.807) is 7.11 Å². The molecule has 26 heavy (non-hydrogen) atoms. The summed E-state index contributed by atoms with van der Waals surface area (Å²) in [6, 6.07) is 15.5. The molecule has 0 aliphatic rings. The van der Waals surface area contributed by atoms with Gasteiger partial charge in [0, 0.05) is 12.1 Å². The molecular weight excluding hydrogens is 348 g/mol. The molecule has 0 aliphatic heterocycles. The number of carbonyl (C=O) groups is 1. The fourth-order valence-electron chi connectivity index (χ4n) is 2.41. The fourth-order valence-corrected chi connectivity index (χ4v) is 3.03. The third kappa shape index (κ3) is 5.10. The smallest absolute Gasteiger partial charge is 0.234 e. The van der Waals surface area contributed by atoms with Crippen LogP contribution in [0.1, 0.15) is 17.0 Å². The molecule has 3 rings (SSSR count).